The molecule has 0 saturated heterocycles. The van der Waals surface area contributed by atoms with Crippen LogP contribution < -0.4 is 9.68 Å². The van der Waals surface area contributed by atoms with Gasteiger partial charge in [0.1, 0.15) is 11.5 Å². The summed E-state index contributed by atoms with van der Waals surface area (Å²) in [5.74, 6) is 0.837. The average molecular weight is 412 g/mol. The normalized spacial score (nSPS) is 10.9. The SMILES string of the molecule is Cc1c(O)c(-c2ccccc2)cc(-c2ccccc2)c1ON=NOc1cccc(O)c1. The van der Waals surface area contributed by atoms with E-state index in [1.807, 2.05) is 66.7 Å². The molecule has 0 atom stereocenters. The van der Waals surface area contributed by atoms with Crippen LogP contribution in [-0.4, -0.2) is 10.2 Å². The molecule has 4 rings (SSSR count). The van der Waals surface area contributed by atoms with Crippen LogP contribution in [0.3, 0.4) is 0 Å². The number of rotatable bonds is 6. The van der Waals surface area contributed by atoms with E-state index in [1.54, 1.807) is 19.1 Å². The van der Waals surface area contributed by atoms with E-state index in [1.165, 1.54) is 12.1 Å². The molecule has 6 nitrogen and oxygen atoms in total. The fourth-order valence-electron chi connectivity index (χ4n) is 3.24. The lowest BCUT2D eigenvalue weighted by Gasteiger charge is -2.15. The van der Waals surface area contributed by atoms with Crippen LogP contribution in [0.2, 0.25) is 0 Å². The zero-order chi connectivity index (χ0) is 21.6. The van der Waals surface area contributed by atoms with Gasteiger partial charge < -0.3 is 19.9 Å². The van der Waals surface area contributed by atoms with E-state index >= 15 is 0 Å². The molecule has 0 fully saturated rings. The lowest BCUT2D eigenvalue weighted by molar-refractivity contribution is 0.207. The molecule has 154 valence electrons. The minimum atomic E-state index is 0.0530. The van der Waals surface area contributed by atoms with Crippen molar-refractivity contribution in [1.82, 2.24) is 0 Å². The molecule has 0 heterocycles. The maximum atomic E-state index is 10.9. The second-order valence-electron chi connectivity index (χ2n) is 6.85. The molecular weight excluding hydrogens is 392 g/mol. The maximum absolute atomic E-state index is 10.9. The molecule has 0 unspecified atom stereocenters. The molecule has 0 aliphatic carbocycles. The first kappa shape index (κ1) is 20.0. The fourth-order valence-corrected chi connectivity index (χ4v) is 3.24. The number of phenols is 2. The van der Waals surface area contributed by atoms with Crippen molar-refractivity contribution < 1.29 is 19.9 Å². The van der Waals surface area contributed by atoms with Gasteiger partial charge in [-0.2, -0.15) is 0 Å². The van der Waals surface area contributed by atoms with E-state index in [-0.39, 0.29) is 11.5 Å². The Morgan fingerprint density at radius 3 is 1.90 bits per heavy atom. The number of nitrogens with zero attached hydrogens (tertiary/aromatic N) is 2. The fraction of sp³-hybridized carbons (Fsp3) is 0.0400. The van der Waals surface area contributed by atoms with Gasteiger partial charge in [-0.15, -0.1) is 0 Å². The van der Waals surface area contributed by atoms with Gasteiger partial charge in [0.15, 0.2) is 11.5 Å². The summed E-state index contributed by atoms with van der Waals surface area (Å²) in [7, 11) is 0. The van der Waals surface area contributed by atoms with Crippen molar-refractivity contribution in [2.75, 3.05) is 0 Å². The summed E-state index contributed by atoms with van der Waals surface area (Å²) >= 11 is 0. The van der Waals surface area contributed by atoms with E-state index in [9.17, 15) is 10.2 Å². The van der Waals surface area contributed by atoms with E-state index in [0.29, 0.717) is 22.6 Å². The molecule has 0 aromatic heterocycles. The largest absolute Gasteiger partial charge is 0.508 e. The molecule has 0 aliphatic heterocycles. The summed E-state index contributed by atoms with van der Waals surface area (Å²) in [6.07, 6.45) is 0. The third-order valence-electron chi connectivity index (χ3n) is 4.78. The van der Waals surface area contributed by atoms with Gasteiger partial charge in [-0.25, -0.2) is 0 Å². The maximum Gasteiger partial charge on any atom is 0.174 e. The molecule has 2 N–H and O–H groups in total. The summed E-state index contributed by atoms with van der Waals surface area (Å²) in [6.45, 7) is 1.76. The van der Waals surface area contributed by atoms with Crippen LogP contribution in [-0.2, 0) is 0 Å². The zero-order valence-electron chi connectivity index (χ0n) is 16.8. The first-order chi connectivity index (χ1) is 15.1. The molecule has 0 bridgehead atoms. The Labute approximate surface area is 179 Å². The van der Waals surface area contributed by atoms with Crippen molar-refractivity contribution in [2.24, 2.45) is 10.6 Å². The van der Waals surface area contributed by atoms with Gasteiger partial charge in [0.2, 0.25) is 0 Å². The first-order valence-corrected chi connectivity index (χ1v) is 9.64. The van der Waals surface area contributed by atoms with Gasteiger partial charge >= 0.3 is 0 Å². The Balaban J connectivity index is 1.71. The Kier molecular flexibility index (Phi) is 5.80. The monoisotopic (exact) mass is 412 g/mol. The predicted molar refractivity (Wildman–Crippen MR) is 118 cm³/mol. The van der Waals surface area contributed by atoms with Crippen molar-refractivity contribution >= 4 is 0 Å². The van der Waals surface area contributed by atoms with Gasteiger partial charge in [0.05, 0.1) is 10.6 Å². The third kappa shape index (κ3) is 4.48. The summed E-state index contributed by atoms with van der Waals surface area (Å²) < 4.78 is 0. The van der Waals surface area contributed by atoms with Gasteiger partial charge in [-0.05, 0) is 36.2 Å². The van der Waals surface area contributed by atoms with Crippen LogP contribution in [0.15, 0.2) is 102 Å². The van der Waals surface area contributed by atoms with Gasteiger partial charge in [-0.1, -0.05) is 66.7 Å². The smallest absolute Gasteiger partial charge is 0.174 e. The highest BCUT2D eigenvalue weighted by Gasteiger charge is 2.19. The number of benzene rings is 4. The highest BCUT2D eigenvalue weighted by atomic mass is 16.7. The highest BCUT2D eigenvalue weighted by molar-refractivity contribution is 5.83. The summed E-state index contributed by atoms with van der Waals surface area (Å²) in [6, 6.07) is 27.4. The quantitative estimate of drug-likeness (QED) is 0.280. The first-order valence-electron chi connectivity index (χ1n) is 9.64. The van der Waals surface area contributed by atoms with E-state index in [0.717, 1.165) is 16.7 Å². The summed E-state index contributed by atoms with van der Waals surface area (Å²) in [5.41, 5.74) is 3.77. The second-order valence-corrected chi connectivity index (χ2v) is 6.85. The van der Waals surface area contributed by atoms with Crippen molar-refractivity contribution in [3.05, 3.63) is 96.6 Å². The number of hydrogen-bond donors (Lipinski definition) is 2. The number of aromatic hydroxyl groups is 2. The molecule has 4 aromatic carbocycles. The zero-order valence-corrected chi connectivity index (χ0v) is 16.8. The van der Waals surface area contributed by atoms with Crippen LogP contribution in [0, 0.1) is 6.92 Å². The standard InChI is InChI=1S/C25H20N2O4/c1-17-24(29)22(18-9-4-2-5-10-18)16-23(19-11-6-3-7-12-19)25(17)31-27-26-30-21-14-8-13-20(28)15-21/h2-16,28-29H,1H3. The molecule has 6 heteroatoms. The molecule has 0 spiro atoms. The number of phenolic OH excluding ortho intramolecular Hbond substituents is 2. The van der Waals surface area contributed by atoms with Crippen LogP contribution >= 0.6 is 0 Å². The topological polar surface area (TPSA) is 83.6 Å². The van der Waals surface area contributed by atoms with Gasteiger partial charge in [0.25, 0.3) is 0 Å². The number of hydrogen-bond acceptors (Lipinski definition) is 6. The second kappa shape index (κ2) is 9.00. The molecule has 0 aliphatic rings. The predicted octanol–water partition coefficient (Wildman–Crippen LogP) is 6.48. The Hall–Kier alpha value is -4.32. The third-order valence-corrected chi connectivity index (χ3v) is 4.78. The van der Waals surface area contributed by atoms with Crippen LogP contribution in [0.4, 0.5) is 0 Å². The van der Waals surface area contributed by atoms with Crippen molar-refractivity contribution in [3.63, 3.8) is 0 Å². The average Bonchev–Trinajstić information content (AvgIpc) is 2.80. The van der Waals surface area contributed by atoms with Crippen molar-refractivity contribution in [3.8, 4) is 45.3 Å². The highest BCUT2D eigenvalue weighted by Crippen LogP contribution is 2.44. The molecular formula is C25H20N2O4. The summed E-state index contributed by atoms with van der Waals surface area (Å²) in [4.78, 5) is 10.7. The van der Waals surface area contributed by atoms with Crippen molar-refractivity contribution in [2.45, 2.75) is 6.92 Å². The Bertz CT molecular complexity index is 1210. The Morgan fingerprint density at radius 1 is 0.645 bits per heavy atom. The molecule has 0 saturated carbocycles. The van der Waals surface area contributed by atoms with Gasteiger partial charge in [-0.3, -0.25) is 0 Å². The molecule has 4 aromatic rings. The van der Waals surface area contributed by atoms with E-state index in [2.05, 4.69) is 10.6 Å². The molecule has 0 amide bonds. The molecule has 0 radical (unpaired) electrons. The van der Waals surface area contributed by atoms with Gasteiger partial charge in [0, 0.05) is 22.8 Å². The lowest BCUT2D eigenvalue weighted by atomic mass is 9.94. The lowest BCUT2D eigenvalue weighted by Crippen LogP contribution is -1.95. The minimum Gasteiger partial charge on any atom is -0.508 e. The van der Waals surface area contributed by atoms with E-state index < -0.39 is 0 Å². The van der Waals surface area contributed by atoms with Crippen LogP contribution in [0.5, 0.6) is 23.0 Å². The van der Waals surface area contributed by atoms with Crippen LogP contribution in [0.1, 0.15) is 5.56 Å². The van der Waals surface area contributed by atoms with E-state index in [4.69, 9.17) is 9.68 Å². The Morgan fingerprint density at radius 2 is 1.26 bits per heavy atom. The summed E-state index contributed by atoms with van der Waals surface area (Å²) in [5, 5.41) is 27.6. The molecule has 31 heavy (non-hydrogen) atoms. The minimum absolute atomic E-state index is 0.0530. The van der Waals surface area contributed by atoms with Crippen molar-refractivity contribution in [1.29, 1.82) is 0 Å². The van der Waals surface area contributed by atoms with Crippen LogP contribution in [0.25, 0.3) is 22.3 Å².